The van der Waals surface area contributed by atoms with Crippen molar-refractivity contribution in [2.24, 2.45) is 0 Å². The summed E-state index contributed by atoms with van der Waals surface area (Å²) in [6, 6.07) is 15.7. The van der Waals surface area contributed by atoms with Crippen molar-refractivity contribution >= 4 is 17.4 Å². The lowest BCUT2D eigenvalue weighted by Gasteiger charge is -2.12. The maximum atomic E-state index is 6.05. The van der Waals surface area contributed by atoms with Crippen molar-refractivity contribution in [3.8, 4) is 22.7 Å². The molecule has 2 aromatic heterocycles. The predicted octanol–water partition coefficient (Wildman–Crippen LogP) is 5.22. The number of rotatable bonds is 6. The molecule has 0 unspecified atom stereocenters. The van der Waals surface area contributed by atoms with Crippen molar-refractivity contribution in [3.05, 3.63) is 82.9 Å². The highest BCUT2D eigenvalue weighted by atomic mass is 35.5. The van der Waals surface area contributed by atoms with Crippen molar-refractivity contribution in [2.75, 3.05) is 12.4 Å². The molecule has 30 heavy (non-hydrogen) atoms. The summed E-state index contributed by atoms with van der Waals surface area (Å²) in [6.45, 7) is 4.60. The normalized spacial score (nSPS) is 10.8. The quantitative estimate of drug-likeness (QED) is 0.464. The number of nitrogens with one attached hydrogen (secondary N) is 1. The Morgan fingerprint density at radius 1 is 1.07 bits per heavy atom. The molecule has 7 heteroatoms. The standard InChI is InChI=1S/C23H22ClN5O/c1-15-9-20(27-28-23(15)25-12-17-5-4-6-19(24)10-17)18-7-8-21(22(11-18)30-3)29-13-16(2)26-14-29/h4-11,13-14H,12H2,1-3H3,(H,25,28). The van der Waals surface area contributed by atoms with E-state index in [0.717, 1.165) is 50.4 Å². The van der Waals surface area contributed by atoms with E-state index in [2.05, 4.69) is 20.5 Å². The number of hydrogen-bond acceptors (Lipinski definition) is 5. The SMILES string of the molecule is COc1cc(-c2cc(C)c(NCc3cccc(Cl)c3)nn2)ccc1-n1cnc(C)c1. The van der Waals surface area contributed by atoms with Gasteiger partial charge in [-0.05, 0) is 55.3 Å². The molecular weight excluding hydrogens is 398 g/mol. The molecule has 4 aromatic rings. The van der Waals surface area contributed by atoms with Gasteiger partial charge >= 0.3 is 0 Å². The molecule has 2 aromatic carbocycles. The van der Waals surface area contributed by atoms with Gasteiger partial charge in [-0.1, -0.05) is 29.8 Å². The van der Waals surface area contributed by atoms with Crippen molar-refractivity contribution in [2.45, 2.75) is 20.4 Å². The maximum Gasteiger partial charge on any atom is 0.151 e. The molecule has 0 spiro atoms. The van der Waals surface area contributed by atoms with Crippen LogP contribution in [0.3, 0.4) is 0 Å². The third-order valence-corrected chi connectivity index (χ3v) is 5.03. The summed E-state index contributed by atoms with van der Waals surface area (Å²) < 4.78 is 7.54. The number of aromatic nitrogens is 4. The third kappa shape index (κ3) is 4.28. The average Bonchev–Trinajstić information content (AvgIpc) is 3.18. The predicted molar refractivity (Wildman–Crippen MR) is 119 cm³/mol. The van der Waals surface area contributed by atoms with Crippen molar-refractivity contribution < 1.29 is 4.74 Å². The minimum Gasteiger partial charge on any atom is -0.495 e. The van der Waals surface area contributed by atoms with Crippen LogP contribution in [-0.2, 0) is 6.54 Å². The van der Waals surface area contributed by atoms with Gasteiger partial charge in [-0.3, -0.25) is 0 Å². The second-order valence-corrected chi connectivity index (χ2v) is 7.49. The summed E-state index contributed by atoms with van der Waals surface area (Å²) in [5, 5.41) is 12.8. The van der Waals surface area contributed by atoms with Crippen LogP contribution in [0.4, 0.5) is 5.82 Å². The van der Waals surface area contributed by atoms with Gasteiger partial charge in [0.05, 0.1) is 30.5 Å². The molecule has 0 aliphatic heterocycles. The van der Waals surface area contributed by atoms with E-state index in [1.807, 2.05) is 73.1 Å². The topological polar surface area (TPSA) is 64.9 Å². The van der Waals surface area contributed by atoms with Crippen LogP contribution >= 0.6 is 11.6 Å². The Balaban J connectivity index is 1.56. The Bertz CT molecular complexity index is 1190. The lowest BCUT2D eigenvalue weighted by atomic mass is 10.1. The molecule has 0 saturated heterocycles. The van der Waals surface area contributed by atoms with Gasteiger partial charge < -0.3 is 14.6 Å². The van der Waals surface area contributed by atoms with Crippen LogP contribution in [0.25, 0.3) is 16.9 Å². The maximum absolute atomic E-state index is 6.05. The molecule has 0 aliphatic carbocycles. The molecule has 0 fully saturated rings. The fraction of sp³-hybridized carbons (Fsp3) is 0.174. The summed E-state index contributed by atoms with van der Waals surface area (Å²) in [5.41, 5.74) is 5.69. The Kier molecular flexibility index (Phi) is 5.68. The van der Waals surface area contributed by atoms with Crippen molar-refractivity contribution in [1.29, 1.82) is 0 Å². The van der Waals surface area contributed by atoms with Gasteiger partial charge in [-0.2, -0.15) is 0 Å². The van der Waals surface area contributed by atoms with Gasteiger partial charge in [0.15, 0.2) is 5.82 Å². The first-order valence-electron chi connectivity index (χ1n) is 9.55. The van der Waals surface area contributed by atoms with E-state index in [-0.39, 0.29) is 0 Å². The number of imidazole rings is 1. The summed E-state index contributed by atoms with van der Waals surface area (Å²) in [6.07, 6.45) is 3.74. The van der Waals surface area contributed by atoms with Crippen LogP contribution in [0.1, 0.15) is 16.8 Å². The average molecular weight is 420 g/mol. The zero-order chi connectivity index (χ0) is 21.1. The number of nitrogens with zero attached hydrogens (tertiary/aromatic N) is 4. The van der Waals surface area contributed by atoms with Crippen LogP contribution in [0.5, 0.6) is 5.75 Å². The lowest BCUT2D eigenvalue weighted by Crippen LogP contribution is -2.05. The second-order valence-electron chi connectivity index (χ2n) is 7.05. The van der Waals surface area contributed by atoms with Gasteiger partial charge in [0.2, 0.25) is 0 Å². The number of ether oxygens (including phenoxy) is 1. The van der Waals surface area contributed by atoms with E-state index in [9.17, 15) is 0 Å². The number of halogens is 1. The molecule has 1 N–H and O–H groups in total. The molecular formula is C23H22ClN5O. The zero-order valence-electron chi connectivity index (χ0n) is 17.1. The molecule has 0 saturated carbocycles. The number of anilines is 1. The molecule has 6 nitrogen and oxygen atoms in total. The molecule has 4 rings (SSSR count). The Morgan fingerprint density at radius 2 is 1.93 bits per heavy atom. The summed E-state index contributed by atoms with van der Waals surface area (Å²) in [7, 11) is 1.66. The van der Waals surface area contributed by atoms with E-state index < -0.39 is 0 Å². The molecule has 0 bridgehead atoms. The van der Waals surface area contributed by atoms with E-state index in [0.29, 0.717) is 6.54 Å². The van der Waals surface area contributed by atoms with Gasteiger partial charge in [0.1, 0.15) is 5.75 Å². The van der Waals surface area contributed by atoms with E-state index in [1.54, 1.807) is 13.4 Å². The Hall–Kier alpha value is -3.38. The number of benzene rings is 2. The van der Waals surface area contributed by atoms with Crippen LogP contribution < -0.4 is 10.1 Å². The van der Waals surface area contributed by atoms with Crippen LogP contribution in [-0.4, -0.2) is 26.9 Å². The van der Waals surface area contributed by atoms with E-state index in [1.165, 1.54) is 0 Å². The number of aryl methyl sites for hydroxylation is 2. The minimum absolute atomic E-state index is 0.627. The highest BCUT2D eigenvalue weighted by molar-refractivity contribution is 6.30. The Morgan fingerprint density at radius 3 is 2.63 bits per heavy atom. The monoisotopic (exact) mass is 419 g/mol. The molecule has 0 radical (unpaired) electrons. The van der Waals surface area contributed by atoms with Crippen molar-refractivity contribution in [3.63, 3.8) is 0 Å². The summed E-state index contributed by atoms with van der Waals surface area (Å²) in [5.74, 6) is 1.49. The summed E-state index contributed by atoms with van der Waals surface area (Å²) >= 11 is 6.05. The van der Waals surface area contributed by atoms with Crippen LogP contribution in [0.15, 0.2) is 61.1 Å². The number of hydrogen-bond donors (Lipinski definition) is 1. The van der Waals surface area contributed by atoms with Gasteiger partial charge in [-0.25, -0.2) is 4.98 Å². The lowest BCUT2D eigenvalue weighted by molar-refractivity contribution is 0.413. The highest BCUT2D eigenvalue weighted by Crippen LogP contribution is 2.30. The third-order valence-electron chi connectivity index (χ3n) is 4.80. The van der Waals surface area contributed by atoms with Gasteiger partial charge in [0, 0.05) is 23.3 Å². The first-order chi connectivity index (χ1) is 14.5. The summed E-state index contributed by atoms with van der Waals surface area (Å²) in [4.78, 5) is 4.29. The first-order valence-corrected chi connectivity index (χ1v) is 9.93. The molecule has 2 heterocycles. The largest absolute Gasteiger partial charge is 0.495 e. The Labute approximate surface area is 180 Å². The molecule has 0 atom stereocenters. The zero-order valence-corrected chi connectivity index (χ0v) is 17.8. The fourth-order valence-corrected chi connectivity index (χ4v) is 3.45. The van der Waals surface area contributed by atoms with E-state index >= 15 is 0 Å². The van der Waals surface area contributed by atoms with Gasteiger partial charge in [0.25, 0.3) is 0 Å². The molecule has 0 aliphatic rings. The number of methoxy groups -OCH3 is 1. The fourth-order valence-electron chi connectivity index (χ4n) is 3.24. The van der Waals surface area contributed by atoms with E-state index in [4.69, 9.17) is 16.3 Å². The minimum atomic E-state index is 0.627. The second kappa shape index (κ2) is 8.55. The molecule has 0 amide bonds. The van der Waals surface area contributed by atoms with Crippen molar-refractivity contribution in [1.82, 2.24) is 19.7 Å². The van der Waals surface area contributed by atoms with Crippen LogP contribution in [0.2, 0.25) is 5.02 Å². The first kappa shape index (κ1) is 19.9. The highest BCUT2D eigenvalue weighted by Gasteiger charge is 2.11. The molecule has 152 valence electrons. The smallest absolute Gasteiger partial charge is 0.151 e. The van der Waals surface area contributed by atoms with Crippen LogP contribution in [0, 0.1) is 13.8 Å². The van der Waals surface area contributed by atoms with Gasteiger partial charge in [-0.15, -0.1) is 10.2 Å².